The summed E-state index contributed by atoms with van der Waals surface area (Å²) in [5, 5.41) is 2.74. The second-order valence-corrected chi connectivity index (χ2v) is 6.95. The van der Waals surface area contributed by atoms with Crippen molar-refractivity contribution in [2.24, 2.45) is 0 Å². The molecular weight excluding hydrogens is 317 g/mol. The predicted molar refractivity (Wildman–Crippen MR) is 89.1 cm³/mol. The number of amides is 3. The van der Waals surface area contributed by atoms with Gasteiger partial charge >= 0.3 is 6.03 Å². The molecule has 2 saturated heterocycles. The van der Waals surface area contributed by atoms with Crippen molar-refractivity contribution in [3.8, 4) is 0 Å². The van der Waals surface area contributed by atoms with Crippen molar-refractivity contribution in [2.45, 2.75) is 18.9 Å². The molecule has 1 atom stereocenters. The molecule has 0 aromatic heterocycles. The summed E-state index contributed by atoms with van der Waals surface area (Å²) in [6.45, 7) is 2.09. The van der Waals surface area contributed by atoms with Gasteiger partial charge in [0.15, 0.2) is 0 Å². The zero-order valence-corrected chi connectivity index (χ0v) is 13.7. The van der Waals surface area contributed by atoms with E-state index in [2.05, 4.69) is 5.32 Å². The summed E-state index contributed by atoms with van der Waals surface area (Å²) in [6, 6.07) is 4.96. The lowest BCUT2D eigenvalue weighted by Crippen LogP contribution is -2.51. The minimum Gasteiger partial charge on any atom is -0.339 e. The summed E-state index contributed by atoms with van der Waals surface area (Å²) in [6.07, 6.45) is 1.54. The minimum atomic E-state index is -0.376. The van der Waals surface area contributed by atoms with Crippen LogP contribution in [0.1, 0.15) is 12.8 Å². The van der Waals surface area contributed by atoms with E-state index < -0.39 is 0 Å². The average molecular weight is 337 g/mol. The van der Waals surface area contributed by atoms with E-state index in [1.807, 2.05) is 16.7 Å². The van der Waals surface area contributed by atoms with Crippen molar-refractivity contribution in [2.75, 3.05) is 36.5 Å². The number of halogens is 1. The van der Waals surface area contributed by atoms with E-state index in [-0.39, 0.29) is 23.8 Å². The van der Waals surface area contributed by atoms with Crippen molar-refractivity contribution >= 4 is 29.4 Å². The van der Waals surface area contributed by atoms with Gasteiger partial charge in [-0.1, -0.05) is 0 Å². The number of rotatable bonds is 2. The summed E-state index contributed by atoms with van der Waals surface area (Å²) in [7, 11) is 0. The molecule has 5 nitrogen and oxygen atoms in total. The number of benzene rings is 1. The number of likely N-dealkylation sites (tertiary alicyclic amines) is 1. The Labute approximate surface area is 139 Å². The van der Waals surface area contributed by atoms with Crippen molar-refractivity contribution in [3.63, 3.8) is 0 Å². The molecule has 3 rings (SSSR count). The van der Waals surface area contributed by atoms with E-state index in [0.29, 0.717) is 18.7 Å². The quantitative estimate of drug-likeness (QED) is 0.902. The van der Waals surface area contributed by atoms with Crippen LogP contribution in [0.15, 0.2) is 24.3 Å². The van der Waals surface area contributed by atoms with Gasteiger partial charge < -0.3 is 15.1 Å². The lowest BCUT2D eigenvalue weighted by molar-refractivity contribution is -0.134. The van der Waals surface area contributed by atoms with Crippen molar-refractivity contribution in [3.05, 3.63) is 30.1 Å². The number of hydrogen-bond donors (Lipinski definition) is 1. The monoisotopic (exact) mass is 337 g/mol. The molecule has 0 radical (unpaired) electrons. The summed E-state index contributed by atoms with van der Waals surface area (Å²) < 4.78 is 12.9. The Balaban J connectivity index is 1.64. The maximum absolute atomic E-state index is 12.9. The zero-order chi connectivity index (χ0) is 16.2. The van der Waals surface area contributed by atoms with Gasteiger partial charge in [-0.2, -0.15) is 11.8 Å². The fourth-order valence-corrected chi connectivity index (χ4v) is 3.89. The number of thioether (sulfide) groups is 1. The number of carbonyl (C=O) groups is 2. The standard InChI is InChI=1S/C16H20FN3O2S/c17-12-3-5-13(6-4-12)18-16(22)20-7-1-2-14(20)15(21)19-8-10-23-11-9-19/h3-6,14H,1-2,7-11H2,(H,18,22). The molecule has 0 spiro atoms. The zero-order valence-electron chi connectivity index (χ0n) is 12.8. The number of nitrogens with zero attached hydrogens (tertiary/aromatic N) is 2. The predicted octanol–water partition coefficient (Wildman–Crippen LogP) is 2.40. The summed E-state index contributed by atoms with van der Waals surface area (Å²) in [4.78, 5) is 28.6. The lowest BCUT2D eigenvalue weighted by atomic mass is 10.2. The first-order valence-corrected chi connectivity index (χ1v) is 9.00. The van der Waals surface area contributed by atoms with E-state index in [1.54, 1.807) is 4.90 Å². The highest BCUT2D eigenvalue weighted by molar-refractivity contribution is 7.99. The van der Waals surface area contributed by atoms with Crippen LogP contribution in [0.25, 0.3) is 0 Å². The third kappa shape index (κ3) is 3.77. The molecule has 23 heavy (non-hydrogen) atoms. The second-order valence-electron chi connectivity index (χ2n) is 5.73. The highest BCUT2D eigenvalue weighted by atomic mass is 32.2. The topological polar surface area (TPSA) is 52.7 Å². The largest absolute Gasteiger partial charge is 0.339 e. The van der Waals surface area contributed by atoms with Crippen molar-refractivity contribution in [1.29, 1.82) is 0 Å². The number of hydrogen-bond acceptors (Lipinski definition) is 3. The van der Waals surface area contributed by atoms with Crippen LogP contribution in [0.2, 0.25) is 0 Å². The van der Waals surface area contributed by atoms with Crippen LogP contribution >= 0.6 is 11.8 Å². The van der Waals surface area contributed by atoms with E-state index in [9.17, 15) is 14.0 Å². The first-order valence-electron chi connectivity index (χ1n) is 7.85. The van der Waals surface area contributed by atoms with Crippen LogP contribution in [0.4, 0.5) is 14.9 Å². The van der Waals surface area contributed by atoms with Crippen LogP contribution in [-0.2, 0) is 4.79 Å². The third-order valence-electron chi connectivity index (χ3n) is 4.22. The molecule has 2 aliphatic rings. The van der Waals surface area contributed by atoms with Crippen molar-refractivity contribution in [1.82, 2.24) is 9.80 Å². The van der Waals surface area contributed by atoms with Gasteiger partial charge in [-0.3, -0.25) is 4.79 Å². The lowest BCUT2D eigenvalue weighted by Gasteiger charge is -2.32. The number of anilines is 1. The van der Waals surface area contributed by atoms with E-state index in [4.69, 9.17) is 0 Å². The number of urea groups is 1. The molecule has 1 N–H and O–H groups in total. The highest BCUT2D eigenvalue weighted by Crippen LogP contribution is 2.22. The molecule has 2 aliphatic heterocycles. The number of nitrogens with one attached hydrogen (secondary N) is 1. The molecular formula is C16H20FN3O2S. The van der Waals surface area contributed by atoms with Gasteiger partial charge in [0.1, 0.15) is 11.9 Å². The number of carbonyl (C=O) groups excluding carboxylic acids is 2. The molecule has 0 bridgehead atoms. The molecule has 1 unspecified atom stereocenters. The van der Waals surface area contributed by atoms with Crippen LogP contribution in [-0.4, -0.2) is 58.9 Å². The maximum Gasteiger partial charge on any atom is 0.322 e. The third-order valence-corrected chi connectivity index (χ3v) is 5.16. The SMILES string of the molecule is O=C(C1CCCN1C(=O)Nc1ccc(F)cc1)N1CCSCC1. The van der Waals surface area contributed by atoms with Crippen LogP contribution in [0.3, 0.4) is 0 Å². The Hall–Kier alpha value is -1.76. The molecule has 124 valence electrons. The van der Waals surface area contributed by atoms with Crippen LogP contribution in [0.5, 0.6) is 0 Å². The first kappa shape index (κ1) is 16.1. The fraction of sp³-hybridized carbons (Fsp3) is 0.500. The average Bonchev–Trinajstić information content (AvgIpc) is 3.07. The molecule has 7 heteroatoms. The van der Waals surface area contributed by atoms with E-state index in [1.165, 1.54) is 24.3 Å². The molecule has 2 fully saturated rings. The molecule has 1 aromatic rings. The van der Waals surface area contributed by atoms with Gasteiger partial charge in [0.2, 0.25) is 5.91 Å². The summed E-state index contributed by atoms with van der Waals surface area (Å²) >= 11 is 1.85. The molecule has 3 amide bonds. The Morgan fingerprint density at radius 3 is 2.52 bits per heavy atom. The molecule has 2 heterocycles. The highest BCUT2D eigenvalue weighted by Gasteiger charge is 2.36. The van der Waals surface area contributed by atoms with Crippen LogP contribution < -0.4 is 5.32 Å². The van der Waals surface area contributed by atoms with Crippen molar-refractivity contribution < 1.29 is 14.0 Å². The Morgan fingerprint density at radius 1 is 1.13 bits per heavy atom. The molecule has 0 saturated carbocycles. The minimum absolute atomic E-state index is 0.0528. The van der Waals surface area contributed by atoms with Gasteiger partial charge in [0, 0.05) is 36.8 Å². The summed E-state index contributed by atoms with van der Waals surface area (Å²) in [5.74, 6) is 1.62. The fourth-order valence-electron chi connectivity index (χ4n) is 2.99. The van der Waals surface area contributed by atoms with Gasteiger partial charge in [0.25, 0.3) is 0 Å². The van der Waals surface area contributed by atoms with E-state index in [0.717, 1.165) is 31.0 Å². The Morgan fingerprint density at radius 2 is 1.83 bits per heavy atom. The Bertz CT molecular complexity index is 575. The normalized spacial score (nSPS) is 21.3. The van der Waals surface area contributed by atoms with Gasteiger partial charge in [-0.05, 0) is 37.1 Å². The second kappa shape index (κ2) is 7.21. The smallest absolute Gasteiger partial charge is 0.322 e. The van der Waals surface area contributed by atoms with E-state index >= 15 is 0 Å². The molecule has 1 aromatic carbocycles. The Kier molecular flexibility index (Phi) is 5.05. The van der Waals surface area contributed by atoms with Gasteiger partial charge in [0.05, 0.1) is 0 Å². The maximum atomic E-state index is 12.9. The molecule has 0 aliphatic carbocycles. The van der Waals surface area contributed by atoms with Gasteiger partial charge in [-0.15, -0.1) is 0 Å². The first-order chi connectivity index (χ1) is 11.1. The van der Waals surface area contributed by atoms with Gasteiger partial charge in [-0.25, -0.2) is 9.18 Å². The summed E-state index contributed by atoms with van der Waals surface area (Å²) in [5.41, 5.74) is 0.531. The van der Waals surface area contributed by atoms with Crippen LogP contribution in [0, 0.1) is 5.82 Å².